The number of ether oxygens (including phenoxy) is 3. The van der Waals surface area contributed by atoms with Crippen LogP contribution in [0, 0.1) is 5.92 Å². The summed E-state index contributed by atoms with van der Waals surface area (Å²) in [5.41, 5.74) is 1.86. The number of halogens is 1. The van der Waals surface area contributed by atoms with Crippen molar-refractivity contribution in [3.8, 4) is 11.8 Å². The number of rotatable bonds is 9. The minimum absolute atomic E-state index is 0.144. The van der Waals surface area contributed by atoms with Gasteiger partial charge in [-0.3, -0.25) is 4.57 Å². The topological polar surface area (TPSA) is 62.6 Å². The van der Waals surface area contributed by atoms with Gasteiger partial charge in [-0.05, 0) is 73.5 Å². The van der Waals surface area contributed by atoms with Crippen molar-refractivity contribution in [3.05, 3.63) is 16.6 Å². The smallest absolute Gasteiger partial charge is 0.297 e. The van der Waals surface area contributed by atoms with Crippen LogP contribution in [0.15, 0.2) is 16.6 Å². The number of benzene rings is 1. The summed E-state index contributed by atoms with van der Waals surface area (Å²) in [6, 6.07) is 4.53. The molecule has 0 amide bonds. The van der Waals surface area contributed by atoms with Crippen molar-refractivity contribution in [2.45, 2.75) is 65.1 Å². The molecule has 0 aliphatic heterocycles. The first-order valence-electron chi connectivity index (χ1n) is 10.4. The van der Waals surface area contributed by atoms with Gasteiger partial charge in [-0.2, -0.15) is 4.98 Å². The molecule has 1 aliphatic carbocycles. The molecule has 3 rings (SSSR count). The standard InChI is InChI=1S/C22H31BrN2O4/c1-5-27-19-11-10-18-21(20(19)23)25(4)22(24-18)29-17-8-6-16(7-9-17)28-13-14(2)12-15(3)26/h10-11,14,16-17H,5-9,12-13H2,1-4H3/t14-,16?,17?/m1/s1. The van der Waals surface area contributed by atoms with Crippen molar-refractivity contribution in [2.24, 2.45) is 13.0 Å². The number of Topliss-reactive ketones (excluding diaryl/α,β-unsaturated/α-hetero) is 1. The predicted molar refractivity (Wildman–Crippen MR) is 117 cm³/mol. The van der Waals surface area contributed by atoms with E-state index in [2.05, 4.69) is 27.8 Å². The van der Waals surface area contributed by atoms with Gasteiger partial charge in [0.05, 0.1) is 28.2 Å². The molecule has 0 saturated heterocycles. The van der Waals surface area contributed by atoms with E-state index >= 15 is 0 Å². The van der Waals surface area contributed by atoms with Crippen LogP contribution in [0.2, 0.25) is 0 Å². The summed E-state index contributed by atoms with van der Waals surface area (Å²) in [5.74, 6) is 1.31. The van der Waals surface area contributed by atoms with E-state index in [1.54, 1.807) is 6.92 Å². The Hall–Kier alpha value is -1.60. The Morgan fingerprint density at radius 3 is 2.62 bits per heavy atom. The number of imidazole rings is 1. The van der Waals surface area contributed by atoms with Crippen molar-refractivity contribution < 1.29 is 19.0 Å². The highest BCUT2D eigenvalue weighted by Crippen LogP contribution is 2.35. The average Bonchev–Trinajstić information content (AvgIpc) is 2.99. The summed E-state index contributed by atoms with van der Waals surface area (Å²) in [5, 5.41) is 0. The zero-order valence-electron chi connectivity index (χ0n) is 17.7. The van der Waals surface area contributed by atoms with Crippen LogP contribution in [-0.4, -0.2) is 40.8 Å². The number of fused-ring (bicyclic) bond motifs is 1. The molecule has 1 heterocycles. The Kier molecular flexibility index (Phi) is 7.57. The second kappa shape index (κ2) is 9.94. The second-order valence-corrected chi connectivity index (χ2v) is 8.79. The van der Waals surface area contributed by atoms with Crippen LogP contribution >= 0.6 is 15.9 Å². The molecular weight excluding hydrogens is 436 g/mol. The van der Waals surface area contributed by atoms with Gasteiger partial charge in [0.15, 0.2) is 0 Å². The maximum Gasteiger partial charge on any atom is 0.297 e. The molecule has 1 fully saturated rings. The first-order valence-corrected chi connectivity index (χ1v) is 11.2. The zero-order chi connectivity index (χ0) is 21.0. The normalized spacial score (nSPS) is 20.6. The van der Waals surface area contributed by atoms with Gasteiger partial charge in [-0.1, -0.05) is 6.92 Å². The lowest BCUT2D eigenvalue weighted by molar-refractivity contribution is -0.118. The third kappa shape index (κ3) is 5.51. The monoisotopic (exact) mass is 466 g/mol. The summed E-state index contributed by atoms with van der Waals surface area (Å²) in [4.78, 5) is 15.9. The Morgan fingerprint density at radius 1 is 1.28 bits per heavy atom. The Labute approximate surface area is 181 Å². The fourth-order valence-corrected chi connectivity index (χ4v) is 4.62. The lowest BCUT2D eigenvalue weighted by atomic mass is 9.95. The molecule has 1 saturated carbocycles. The fourth-order valence-electron chi connectivity index (χ4n) is 3.91. The summed E-state index contributed by atoms with van der Waals surface area (Å²) < 4.78 is 20.8. The Balaban J connectivity index is 1.56. The number of aryl methyl sites for hydroxylation is 1. The number of hydrogen-bond acceptors (Lipinski definition) is 5. The quantitative estimate of drug-likeness (QED) is 0.516. The van der Waals surface area contributed by atoms with E-state index < -0.39 is 0 Å². The number of aromatic nitrogens is 2. The van der Waals surface area contributed by atoms with E-state index in [4.69, 9.17) is 14.2 Å². The van der Waals surface area contributed by atoms with Crippen LogP contribution in [0.5, 0.6) is 11.8 Å². The van der Waals surface area contributed by atoms with E-state index in [0.717, 1.165) is 46.9 Å². The van der Waals surface area contributed by atoms with Crippen molar-refractivity contribution in [3.63, 3.8) is 0 Å². The molecule has 7 heteroatoms. The molecule has 2 aromatic rings. The van der Waals surface area contributed by atoms with E-state index in [9.17, 15) is 4.79 Å². The maximum atomic E-state index is 11.2. The number of nitrogens with zero attached hydrogens (tertiary/aromatic N) is 2. The van der Waals surface area contributed by atoms with Gasteiger partial charge in [-0.15, -0.1) is 0 Å². The Morgan fingerprint density at radius 2 is 1.97 bits per heavy atom. The first kappa shape index (κ1) is 22.1. The van der Waals surface area contributed by atoms with Crippen LogP contribution in [0.4, 0.5) is 0 Å². The van der Waals surface area contributed by atoms with Crippen LogP contribution in [0.3, 0.4) is 0 Å². The van der Waals surface area contributed by atoms with Crippen molar-refractivity contribution in [1.29, 1.82) is 0 Å². The third-order valence-corrected chi connectivity index (χ3v) is 6.11. The molecule has 0 spiro atoms. The fraction of sp³-hybridized carbons (Fsp3) is 0.636. The average molecular weight is 467 g/mol. The summed E-state index contributed by atoms with van der Waals surface area (Å²) >= 11 is 3.64. The lowest BCUT2D eigenvalue weighted by Gasteiger charge is -2.29. The van der Waals surface area contributed by atoms with Gasteiger partial charge < -0.3 is 19.0 Å². The molecule has 0 bridgehead atoms. The molecule has 29 heavy (non-hydrogen) atoms. The molecule has 1 aromatic heterocycles. The van der Waals surface area contributed by atoms with Crippen LogP contribution in [0.25, 0.3) is 11.0 Å². The Bertz CT molecular complexity index is 843. The first-order chi connectivity index (χ1) is 13.9. The summed E-state index contributed by atoms with van der Waals surface area (Å²) in [7, 11) is 1.97. The summed E-state index contributed by atoms with van der Waals surface area (Å²) in [6.45, 7) is 6.94. The van der Waals surface area contributed by atoms with E-state index in [0.29, 0.717) is 25.6 Å². The SMILES string of the molecule is CCOc1ccc2nc(OC3CCC(OC[C@H](C)CC(C)=O)CC3)n(C)c2c1Br. The largest absolute Gasteiger partial charge is 0.493 e. The molecule has 0 N–H and O–H groups in total. The second-order valence-electron chi connectivity index (χ2n) is 7.99. The zero-order valence-corrected chi connectivity index (χ0v) is 19.3. The third-order valence-electron chi connectivity index (χ3n) is 5.34. The molecule has 1 atom stereocenters. The minimum atomic E-state index is 0.144. The van der Waals surface area contributed by atoms with Crippen molar-refractivity contribution >= 4 is 32.7 Å². The van der Waals surface area contributed by atoms with Crippen LogP contribution in [0.1, 0.15) is 52.9 Å². The van der Waals surface area contributed by atoms with Crippen molar-refractivity contribution in [2.75, 3.05) is 13.2 Å². The van der Waals surface area contributed by atoms with Gasteiger partial charge >= 0.3 is 0 Å². The minimum Gasteiger partial charge on any atom is -0.493 e. The molecule has 1 aromatic carbocycles. The number of carbonyl (C=O) groups excluding carboxylic acids is 1. The highest BCUT2D eigenvalue weighted by Gasteiger charge is 2.25. The molecule has 0 radical (unpaired) electrons. The van der Waals surface area contributed by atoms with Crippen LogP contribution in [-0.2, 0) is 16.6 Å². The van der Waals surface area contributed by atoms with Gasteiger partial charge in [-0.25, -0.2) is 0 Å². The number of carbonyl (C=O) groups is 1. The number of ketones is 1. The summed E-state index contributed by atoms with van der Waals surface area (Å²) in [6.07, 6.45) is 4.82. The van der Waals surface area contributed by atoms with Crippen molar-refractivity contribution in [1.82, 2.24) is 9.55 Å². The van der Waals surface area contributed by atoms with E-state index in [-0.39, 0.29) is 23.9 Å². The predicted octanol–water partition coefficient (Wildman–Crippen LogP) is 5.06. The number of hydrogen-bond donors (Lipinski definition) is 0. The maximum absolute atomic E-state index is 11.2. The molecule has 160 valence electrons. The van der Waals surface area contributed by atoms with Gasteiger partial charge in [0, 0.05) is 20.1 Å². The molecular formula is C22H31BrN2O4. The van der Waals surface area contributed by atoms with Gasteiger partial charge in [0.2, 0.25) is 0 Å². The molecule has 0 unspecified atom stereocenters. The van der Waals surface area contributed by atoms with E-state index in [1.807, 2.05) is 30.7 Å². The van der Waals surface area contributed by atoms with Gasteiger partial charge in [0.25, 0.3) is 6.01 Å². The molecule has 6 nitrogen and oxygen atoms in total. The highest BCUT2D eigenvalue weighted by atomic mass is 79.9. The molecule has 1 aliphatic rings. The highest BCUT2D eigenvalue weighted by molar-refractivity contribution is 9.10. The lowest BCUT2D eigenvalue weighted by Crippen LogP contribution is -2.30. The van der Waals surface area contributed by atoms with Crippen LogP contribution < -0.4 is 9.47 Å². The van der Waals surface area contributed by atoms with Gasteiger partial charge in [0.1, 0.15) is 17.6 Å². The van der Waals surface area contributed by atoms with E-state index in [1.165, 1.54) is 0 Å².